The van der Waals surface area contributed by atoms with E-state index < -0.39 is 5.97 Å². The lowest BCUT2D eigenvalue weighted by Gasteiger charge is -2.02. The van der Waals surface area contributed by atoms with Crippen LogP contribution in [0, 0.1) is 0 Å². The zero-order chi connectivity index (χ0) is 14.1. The number of carboxylic acids is 1. The first kappa shape index (κ1) is 12.4. The fraction of sp³-hybridized carbons (Fsp3) is 0.214. The third kappa shape index (κ3) is 2.16. The van der Waals surface area contributed by atoms with E-state index in [1.807, 2.05) is 46.7 Å². The van der Waals surface area contributed by atoms with Gasteiger partial charge in [0.15, 0.2) is 0 Å². The van der Waals surface area contributed by atoms with Crippen molar-refractivity contribution in [1.82, 2.24) is 18.9 Å². The number of carbonyl (C=O) groups is 1. The first-order chi connectivity index (χ1) is 9.65. The van der Waals surface area contributed by atoms with Gasteiger partial charge in [-0.3, -0.25) is 9.20 Å². The number of carboxylic acid groups (broad SMARTS) is 1. The summed E-state index contributed by atoms with van der Waals surface area (Å²) in [6.07, 6.45) is 7.94. The quantitative estimate of drug-likeness (QED) is 0.784. The zero-order valence-corrected chi connectivity index (χ0v) is 11.0. The third-order valence-corrected chi connectivity index (χ3v) is 3.18. The van der Waals surface area contributed by atoms with Gasteiger partial charge in [-0.25, -0.2) is 9.97 Å². The van der Waals surface area contributed by atoms with Crippen molar-refractivity contribution in [1.29, 1.82) is 0 Å². The van der Waals surface area contributed by atoms with Gasteiger partial charge in [0.05, 0.1) is 17.8 Å². The molecule has 3 heterocycles. The molecule has 0 aliphatic heterocycles. The summed E-state index contributed by atoms with van der Waals surface area (Å²) in [7, 11) is 1.94. The van der Waals surface area contributed by atoms with Crippen LogP contribution in [0.3, 0.4) is 0 Å². The van der Waals surface area contributed by atoms with E-state index in [1.165, 1.54) is 0 Å². The number of nitrogens with zero attached hydrogens (tertiary/aromatic N) is 4. The Morgan fingerprint density at radius 3 is 2.95 bits per heavy atom. The van der Waals surface area contributed by atoms with E-state index in [2.05, 4.69) is 9.97 Å². The molecule has 1 N–H and O–H groups in total. The fourth-order valence-electron chi connectivity index (χ4n) is 2.27. The Balaban J connectivity index is 2.14. The Bertz CT molecular complexity index is 772. The maximum absolute atomic E-state index is 10.8. The molecule has 6 heteroatoms. The van der Waals surface area contributed by atoms with Crippen LogP contribution in [-0.2, 0) is 18.3 Å². The van der Waals surface area contributed by atoms with Crippen LogP contribution in [0.4, 0.5) is 0 Å². The molecule has 0 unspecified atom stereocenters. The average Bonchev–Trinajstić information content (AvgIpc) is 2.99. The predicted molar refractivity (Wildman–Crippen MR) is 73.4 cm³/mol. The summed E-state index contributed by atoms with van der Waals surface area (Å²) in [5.74, 6) is -0.227. The minimum absolute atomic E-state index is 0.0719. The number of fused-ring (bicyclic) bond motifs is 1. The number of hydrogen-bond acceptors (Lipinski definition) is 3. The van der Waals surface area contributed by atoms with Crippen LogP contribution in [0.15, 0.2) is 36.9 Å². The fourth-order valence-corrected chi connectivity index (χ4v) is 2.27. The van der Waals surface area contributed by atoms with Crippen molar-refractivity contribution in [3.05, 3.63) is 42.6 Å². The molecule has 0 saturated carbocycles. The van der Waals surface area contributed by atoms with Crippen molar-refractivity contribution < 1.29 is 9.90 Å². The van der Waals surface area contributed by atoms with Gasteiger partial charge in [0.25, 0.3) is 0 Å². The van der Waals surface area contributed by atoms with E-state index in [0.717, 1.165) is 17.0 Å². The molecule has 0 fully saturated rings. The average molecular weight is 270 g/mol. The van der Waals surface area contributed by atoms with Gasteiger partial charge in [-0.2, -0.15) is 0 Å². The molecule has 20 heavy (non-hydrogen) atoms. The standard InChI is InChI=1S/C14H14N4O2/c1-17-8-5-10(9-17)13-11(3-4-12(19)20)18-7-2-6-15-14(18)16-13/h2,5-9H,3-4H2,1H3,(H,19,20). The lowest BCUT2D eigenvalue weighted by atomic mass is 10.1. The van der Waals surface area contributed by atoms with Gasteiger partial charge in [-0.15, -0.1) is 0 Å². The topological polar surface area (TPSA) is 72.4 Å². The van der Waals surface area contributed by atoms with E-state index in [0.29, 0.717) is 12.2 Å². The van der Waals surface area contributed by atoms with Crippen LogP contribution in [0.2, 0.25) is 0 Å². The Kier molecular flexibility index (Phi) is 2.98. The van der Waals surface area contributed by atoms with Crippen molar-refractivity contribution in [2.24, 2.45) is 7.05 Å². The Morgan fingerprint density at radius 2 is 2.25 bits per heavy atom. The monoisotopic (exact) mass is 270 g/mol. The highest BCUT2D eigenvalue weighted by Gasteiger charge is 2.16. The predicted octanol–water partition coefficient (Wildman–Crippen LogP) is 1.75. The molecule has 0 aromatic carbocycles. The zero-order valence-electron chi connectivity index (χ0n) is 11.0. The van der Waals surface area contributed by atoms with E-state index in [1.54, 1.807) is 6.20 Å². The highest BCUT2D eigenvalue weighted by atomic mass is 16.4. The highest BCUT2D eigenvalue weighted by Crippen LogP contribution is 2.25. The summed E-state index contributed by atoms with van der Waals surface area (Å²) >= 11 is 0. The van der Waals surface area contributed by atoms with Gasteiger partial charge in [-0.05, 0) is 12.1 Å². The molecular weight excluding hydrogens is 256 g/mol. The summed E-state index contributed by atoms with van der Waals surface area (Å²) in [4.78, 5) is 19.6. The summed E-state index contributed by atoms with van der Waals surface area (Å²) in [5, 5.41) is 8.90. The van der Waals surface area contributed by atoms with E-state index >= 15 is 0 Å². The molecule has 0 bridgehead atoms. The maximum atomic E-state index is 10.8. The minimum atomic E-state index is -0.817. The second-order valence-corrected chi connectivity index (χ2v) is 4.66. The highest BCUT2D eigenvalue weighted by molar-refractivity contribution is 5.69. The number of hydrogen-bond donors (Lipinski definition) is 1. The van der Waals surface area contributed by atoms with Crippen LogP contribution in [-0.4, -0.2) is 30.0 Å². The molecule has 0 amide bonds. The number of rotatable bonds is 4. The largest absolute Gasteiger partial charge is 0.481 e. The molecule has 0 radical (unpaired) electrons. The minimum Gasteiger partial charge on any atom is -0.481 e. The van der Waals surface area contributed by atoms with Crippen LogP contribution in [0.5, 0.6) is 0 Å². The third-order valence-electron chi connectivity index (χ3n) is 3.18. The summed E-state index contributed by atoms with van der Waals surface area (Å²) < 4.78 is 3.79. The maximum Gasteiger partial charge on any atom is 0.303 e. The number of aromatic nitrogens is 4. The molecule has 3 aromatic heterocycles. The number of aryl methyl sites for hydroxylation is 2. The summed E-state index contributed by atoms with van der Waals surface area (Å²) in [6, 6.07) is 3.78. The van der Waals surface area contributed by atoms with Gasteiger partial charge in [0, 0.05) is 43.8 Å². The first-order valence-corrected chi connectivity index (χ1v) is 6.31. The molecule has 102 valence electrons. The van der Waals surface area contributed by atoms with Gasteiger partial charge in [-0.1, -0.05) is 0 Å². The van der Waals surface area contributed by atoms with Crippen LogP contribution < -0.4 is 0 Å². The molecule has 3 aromatic rings. The second-order valence-electron chi connectivity index (χ2n) is 4.66. The Labute approximate surface area is 115 Å². The van der Waals surface area contributed by atoms with Crippen LogP contribution in [0.25, 0.3) is 17.0 Å². The van der Waals surface area contributed by atoms with Gasteiger partial charge >= 0.3 is 5.97 Å². The van der Waals surface area contributed by atoms with Gasteiger partial charge in [0.2, 0.25) is 5.78 Å². The van der Waals surface area contributed by atoms with Gasteiger partial charge in [0.1, 0.15) is 0 Å². The summed E-state index contributed by atoms with van der Waals surface area (Å²) in [6.45, 7) is 0. The SMILES string of the molecule is Cn1ccc(-c2nc3ncccn3c2CCC(=O)O)c1. The molecule has 0 aliphatic carbocycles. The number of imidazole rings is 1. The van der Waals surface area contributed by atoms with Crippen LogP contribution >= 0.6 is 0 Å². The van der Waals surface area contributed by atoms with Crippen molar-refractivity contribution in [2.75, 3.05) is 0 Å². The van der Waals surface area contributed by atoms with E-state index in [-0.39, 0.29) is 6.42 Å². The van der Waals surface area contributed by atoms with Crippen LogP contribution in [0.1, 0.15) is 12.1 Å². The molecule has 0 atom stereocenters. The first-order valence-electron chi connectivity index (χ1n) is 6.31. The smallest absolute Gasteiger partial charge is 0.303 e. The molecule has 0 aliphatic rings. The molecular formula is C14H14N4O2. The molecule has 0 saturated heterocycles. The normalized spacial score (nSPS) is 11.1. The molecule has 6 nitrogen and oxygen atoms in total. The van der Waals surface area contributed by atoms with Crippen molar-refractivity contribution in [2.45, 2.75) is 12.8 Å². The van der Waals surface area contributed by atoms with Crippen molar-refractivity contribution in [3.8, 4) is 11.3 Å². The van der Waals surface area contributed by atoms with E-state index in [9.17, 15) is 4.79 Å². The Hall–Kier alpha value is -2.63. The number of aliphatic carboxylic acids is 1. The lowest BCUT2D eigenvalue weighted by Crippen LogP contribution is -2.01. The van der Waals surface area contributed by atoms with E-state index in [4.69, 9.17) is 5.11 Å². The van der Waals surface area contributed by atoms with Crippen molar-refractivity contribution in [3.63, 3.8) is 0 Å². The van der Waals surface area contributed by atoms with Crippen molar-refractivity contribution >= 4 is 11.7 Å². The van der Waals surface area contributed by atoms with Gasteiger partial charge < -0.3 is 9.67 Å². The molecule has 3 rings (SSSR count). The summed E-state index contributed by atoms with van der Waals surface area (Å²) in [5.41, 5.74) is 2.64. The second kappa shape index (κ2) is 4.80. The lowest BCUT2D eigenvalue weighted by molar-refractivity contribution is -0.136. The molecule has 0 spiro atoms. The Morgan fingerprint density at radius 1 is 1.40 bits per heavy atom.